The standard InChI is InChI=1S/C22H22N2O4S/c1-13-8-9-20(27-4)18(10-13)19-12-29-22(23-19)24-21(26)15(3)28-17-7-5-6-16(11-17)14(2)25/h5-12,15H,1-4H3,(H,23,24,26). The summed E-state index contributed by atoms with van der Waals surface area (Å²) in [6.45, 7) is 5.13. The monoisotopic (exact) mass is 410 g/mol. The molecule has 3 aromatic rings. The fourth-order valence-corrected chi connectivity index (χ4v) is 3.44. The van der Waals surface area contributed by atoms with Crippen molar-refractivity contribution in [3.05, 3.63) is 59.0 Å². The zero-order chi connectivity index (χ0) is 21.0. The van der Waals surface area contributed by atoms with Gasteiger partial charge in [-0.2, -0.15) is 0 Å². The van der Waals surface area contributed by atoms with Crippen LogP contribution in [0.1, 0.15) is 29.8 Å². The Bertz CT molecular complexity index is 1040. The lowest BCUT2D eigenvalue weighted by molar-refractivity contribution is -0.122. The maximum absolute atomic E-state index is 12.5. The van der Waals surface area contributed by atoms with Gasteiger partial charge >= 0.3 is 0 Å². The summed E-state index contributed by atoms with van der Waals surface area (Å²) in [6.07, 6.45) is -0.752. The van der Waals surface area contributed by atoms with Crippen molar-refractivity contribution in [2.75, 3.05) is 12.4 Å². The van der Waals surface area contributed by atoms with Gasteiger partial charge in [0.05, 0.1) is 12.8 Å². The fourth-order valence-electron chi connectivity index (χ4n) is 2.73. The van der Waals surface area contributed by atoms with Crippen LogP contribution in [0.5, 0.6) is 11.5 Å². The van der Waals surface area contributed by atoms with E-state index in [1.54, 1.807) is 38.3 Å². The van der Waals surface area contributed by atoms with E-state index in [0.717, 1.165) is 22.6 Å². The predicted molar refractivity (Wildman–Crippen MR) is 114 cm³/mol. The van der Waals surface area contributed by atoms with E-state index in [1.807, 2.05) is 30.5 Å². The van der Waals surface area contributed by atoms with Crippen molar-refractivity contribution >= 4 is 28.2 Å². The Kier molecular flexibility index (Phi) is 6.29. The molecule has 0 bridgehead atoms. The molecular formula is C22H22N2O4S. The van der Waals surface area contributed by atoms with Gasteiger partial charge in [0.1, 0.15) is 11.5 Å². The molecule has 0 radical (unpaired) electrons. The number of nitrogens with one attached hydrogen (secondary N) is 1. The van der Waals surface area contributed by atoms with Crippen LogP contribution in [0.15, 0.2) is 47.8 Å². The van der Waals surface area contributed by atoms with E-state index in [2.05, 4.69) is 10.3 Å². The van der Waals surface area contributed by atoms with Gasteiger partial charge in [0.25, 0.3) is 5.91 Å². The van der Waals surface area contributed by atoms with Gasteiger partial charge in [-0.25, -0.2) is 4.98 Å². The SMILES string of the molecule is COc1ccc(C)cc1-c1csc(NC(=O)C(C)Oc2cccc(C(C)=O)c2)n1. The van der Waals surface area contributed by atoms with Crippen molar-refractivity contribution in [2.45, 2.75) is 26.9 Å². The minimum absolute atomic E-state index is 0.0607. The Morgan fingerprint density at radius 3 is 2.69 bits per heavy atom. The average Bonchev–Trinajstić information content (AvgIpc) is 3.16. The van der Waals surface area contributed by atoms with Crippen LogP contribution in [0, 0.1) is 6.92 Å². The van der Waals surface area contributed by atoms with Crippen molar-refractivity contribution in [1.82, 2.24) is 4.98 Å². The number of carbonyl (C=O) groups is 2. The quantitative estimate of drug-likeness (QED) is 0.570. The number of anilines is 1. The molecule has 1 atom stereocenters. The molecule has 1 N–H and O–H groups in total. The summed E-state index contributed by atoms with van der Waals surface area (Å²) in [4.78, 5) is 28.5. The van der Waals surface area contributed by atoms with Gasteiger partial charge in [0.15, 0.2) is 17.0 Å². The number of carbonyl (C=O) groups excluding carboxylic acids is 2. The molecule has 0 spiro atoms. The van der Waals surface area contributed by atoms with Gasteiger partial charge in [-0.1, -0.05) is 23.8 Å². The number of methoxy groups -OCH3 is 1. The van der Waals surface area contributed by atoms with Crippen LogP contribution in [0.25, 0.3) is 11.3 Å². The molecule has 150 valence electrons. The van der Waals surface area contributed by atoms with Crippen LogP contribution in [-0.4, -0.2) is 29.9 Å². The van der Waals surface area contributed by atoms with Crippen LogP contribution >= 0.6 is 11.3 Å². The van der Waals surface area contributed by atoms with Crippen LogP contribution in [0.2, 0.25) is 0 Å². The maximum Gasteiger partial charge on any atom is 0.266 e. The number of hydrogen-bond acceptors (Lipinski definition) is 6. The highest BCUT2D eigenvalue weighted by Gasteiger charge is 2.18. The first-order valence-electron chi connectivity index (χ1n) is 9.06. The van der Waals surface area contributed by atoms with Gasteiger partial charge in [-0.15, -0.1) is 11.3 Å². The summed E-state index contributed by atoms with van der Waals surface area (Å²) >= 11 is 1.33. The van der Waals surface area contributed by atoms with E-state index >= 15 is 0 Å². The Balaban J connectivity index is 1.69. The summed E-state index contributed by atoms with van der Waals surface area (Å²) in [6, 6.07) is 12.6. The summed E-state index contributed by atoms with van der Waals surface area (Å²) in [5, 5.41) is 5.12. The molecule has 3 rings (SSSR count). The molecule has 29 heavy (non-hydrogen) atoms. The number of rotatable bonds is 7. The highest BCUT2D eigenvalue weighted by atomic mass is 32.1. The van der Waals surface area contributed by atoms with E-state index < -0.39 is 6.10 Å². The summed E-state index contributed by atoms with van der Waals surface area (Å²) in [5.74, 6) is 0.801. The first-order valence-corrected chi connectivity index (χ1v) is 9.94. The summed E-state index contributed by atoms with van der Waals surface area (Å²) < 4.78 is 11.1. The van der Waals surface area contributed by atoms with E-state index in [9.17, 15) is 9.59 Å². The van der Waals surface area contributed by atoms with Crippen molar-refractivity contribution in [2.24, 2.45) is 0 Å². The van der Waals surface area contributed by atoms with Crippen molar-refractivity contribution in [3.63, 3.8) is 0 Å². The normalized spacial score (nSPS) is 11.6. The highest BCUT2D eigenvalue weighted by Crippen LogP contribution is 2.33. The first kappa shape index (κ1) is 20.5. The van der Waals surface area contributed by atoms with E-state index in [-0.39, 0.29) is 11.7 Å². The zero-order valence-electron chi connectivity index (χ0n) is 16.7. The third kappa shape index (κ3) is 5.00. The Hall–Kier alpha value is -3.19. The fraction of sp³-hybridized carbons (Fsp3) is 0.227. The molecule has 6 nitrogen and oxygen atoms in total. The summed E-state index contributed by atoms with van der Waals surface area (Å²) in [7, 11) is 1.61. The molecule has 7 heteroatoms. The maximum atomic E-state index is 12.5. The molecule has 1 amide bonds. The molecule has 0 saturated heterocycles. The topological polar surface area (TPSA) is 77.5 Å². The lowest BCUT2D eigenvalue weighted by atomic mass is 10.1. The lowest BCUT2D eigenvalue weighted by Crippen LogP contribution is -2.30. The second kappa shape index (κ2) is 8.87. The average molecular weight is 410 g/mol. The number of aromatic nitrogens is 1. The molecule has 0 aliphatic carbocycles. The van der Waals surface area contributed by atoms with Crippen LogP contribution < -0.4 is 14.8 Å². The van der Waals surface area contributed by atoms with Gasteiger partial charge in [-0.05, 0) is 45.0 Å². The lowest BCUT2D eigenvalue weighted by Gasteiger charge is -2.14. The van der Waals surface area contributed by atoms with Gasteiger partial charge in [0.2, 0.25) is 0 Å². The second-order valence-electron chi connectivity index (χ2n) is 6.57. The van der Waals surface area contributed by atoms with Crippen molar-refractivity contribution in [3.8, 4) is 22.8 Å². The number of ether oxygens (including phenoxy) is 2. The molecular weight excluding hydrogens is 388 g/mol. The number of Topliss-reactive ketones (excluding diaryl/α,β-unsaturated/α-hetero) is 1. The Labute approximate surface area is 173 Å². The van der Waals surface area contributed by atoms with Crippen LogP contribution in [0.3, 0.4) is 0 Å². The first-order chi connectivity index (χ1) is 13.9. The number of aryl methyl sites for hydroxylation is 1. The third-order valence-corrected chi connectivity index (χ3v) is 5.05. The van der Waals surface area contributed by atoms with Gasteiger partial charge in [0, 0.05) is 16.5 Å². The van der Waals surface area contributed by atoms with Crippen molar-refractivity contribution in [1.29, 1.82) is 0 Å². The third-order valence-electron chi connectivity index (χ3n) is 4.29. The van der Waals surface area contributed by atoms with Crippen molar-refractivity contribution < 1.29 is 19.1 Å². The van der Waals surface area contributed by atoms with Gasteiger partial charge < -0.3 is 9.47 Å². The number of hydrogen-bond donors (Lipinski definition) is 1. The smallest absolute Gasteiger partial charge is 0.266 e. The molecule has 0 aliphatic heterocycles. The van der Waals surface area contributed by atoms with E-state index in [4.69, 9.17) is 9.47 Å². The Morgan fingerprint density at radius 1 is 1.17 bits per heavy atom. The number of benzene rings is 2. The zero-order valence-corrected chi connectivity index (χ0v) is 17.5. The molecule has 1 heterocycles. The number of nitrogens with zero attached hydrogens (tertiary/aromatic N) is 1. The number of amides is 1. The largest absolute Gasteiger partial charge is 0.496 e. The minimum Gasteiger partial charge on any atom is -0.496 e. The number of ketones is 1. The molecule has 1 aromatic heterocycles. The highest BCUT2D eigenvalue weighted by molar-refractivity contribution is 7.14. The molecule has 2 aromatic carbocycles. The second-order valence-corrected chi connectivity index (χ2v) is 7.43. The van der Waals surface area contributed by atoms with Gasteiger partial charge in [-0.3, -0.25) is 14.9 Å². The number of thiazole rings is 1. The minimum atomic E-state index is -0.752. The molecule has 1 unspecified atom stereocenters. The van der Waals surface area contributed by atoms with E-state index in [0.29, 0.717) is 16.4 Å². The van der Waals surface area contributed by atoms with Crippen LogP contribution in [-0.2, 0) is 4.79 Å². The van der Waals surface area contributed by atoms with E-state index in [1.165, 1.54) is 18.3 Å². The predicted octanol–water partition coefficient (Wildman–Crippen LogP) is 4.74. The molecule has 0 aliphatic rings. The van der Waals surface area contributed by atoms with Crippen LogP contribution in [0.4, 0.5) is 5.13 Å². The Morgan fingerprint density at radius 2 is 1.97 bits per heavy atom. The molecule has 0 fully saturated rings. The molecule has 0 saturated carbocycles. The summed E-state index contributed by atoms with van der Waals surface area (Å²) in [5.41, 5.74) is 3.23.